The van der Waals surface area contributed by atoms with E-state index >= 15 is 0 Å². The molecule has 1 atom stereocenters. The predicted molar refractivity (Wildman–Crippen MR) is 63.2 cm³/mol. The van der Waals surface area contributed by atoms with Crippen LogP contribution in [0.5, 0.6) is 0 Å². The van der Waals surface area contributed by atoms with Crippen LogP contribution in [-0.2, 0) is 4.74 Å². The van der Waals surface area contributed by atoms with Crippen molar-refractivity contribution in [3.63, 3.8) is 0 Å². The van der Waals surface area contributed by atoms with Crippen LogP contribution in [0.2, 0.25) is 0 Å². The molecule has 2 heterocycles. The van der Waals surface area contributed by atoms with E-state index in [-0.39, 0.29) is 0 Å². The van der Waals surface area contributed by atoms with Gasteiger partial charge in [-0.1, -0.05) is 12.8 Å². The molecule has 2 aliphatic heterocycles. The van der Waals surface area contributed by atoms with E-state index in [4.69, 9.17) is 15.7 Å². The highest BCUT2D eigenvalue weighted by Crippen LogP contribution is 2.26. The van der Waals surface area contributed by atoms with Crippen LogP contribution >= 0.6 is 12.8 Å². The fraction of sp³-hybridized carbons (Fsp3) is 0.400. The van der Waals surface area contributed by atoms with Gasteiger partial charge in [0, 0.05) is 12.1 Å². The number of nitrogens with two attached hydrogens (primary N) is 1. The Morgan fingerprint density at radius 2 is 2.50 bits per heavy atom. The molecule has 0 aromatic rings. The third-order valence-corrected chi connectivity index (χ3v) is 3.04. The number of hydrogen-bond acceptors (Lipinski definition) is 6. The van der Waals surface area contributed by atoms with E-state index in [1.807, 2.05) is 6.08 Å². The second-order valence-corrected chi connectivity index (χ2v) is 3.94. The van der Waals surface area contributed by atoms with Gasteiger partial charge in [0.1, 0.15) is 23.1 Å². The van der Waals surface area contributed by atoms with Crippen LogP contribution in [0.25, 0.3) is 0 Å². The van der Waals surface area contributed by atoms with Gasteiger partial charge in [0.2, 0.25) is 0 Å². The molecule has 0 bridgehead atoms. The van der Waals surface area contributed by atoms with Crippen molar-refractivity contribution in [1.82, 2.24) is 4.31 Å². The molecule has 2 N–H and O–H groups in total. The maximum atomic E-state index is 9.12. The Morgan fingerprint density at radius 3 is 3.06 bits per heavy atom. The molecule has 0 aliphatic carbocycles. The van der Waals surface area contributed by atoms with Crippen LogP contribution in [-0.4, -0.2) is 22.9 Å². The van der Waals surface area contributed by atoms with Crippen molar-refractivity contribution in [1.29, 1.82) is 5.26 Å². The average Bonchev–Trinajstić information content (AvgIpc) is 2.79. The first-order chi connectivity index (χ1) is 7.65. The molecule has 0 saturated heterocycles. The van der Waals surface area contributed by atoms with Gasteiger partial charge < -0.3 is 4.74 Å². The molecule has 84 valence electrons. The summed E-state index contributed by atoms with van der Waals surface area (Å²) in [7, 11) is 0. The zero-order chi connectivity index (χ0) is 11.7. The summed E-state index contributed by atoms with van der Waals surface area (Å²) < 4.78 is 6.87. The van der Waals surface area contributed by atoms with Gasteiger partial charge in [-0.05, 0) is 13.0 Å². The maximum Gasteiger partial charge on any atom is 0.183 e. The molecule has 0 amide bonds. The fourth-order valence-electron chi connectivity index (χ4n) is 1.64. The van der Waals surface area contributed by atoms with Gasteiger partial charge in [0.05, 0.1) is 6.61 Å². The van der Waals surface area contributed by atoms with Gasteiger partial charge in [0.15, 0.2) is 6.29 Å². The smallest absolute Gasteiger partial charge is 0.183 e. The van der Waals surface area contributed by atoms with Gasteiger partial charge in [0.25, 0.3) is 0 Å². The number of hydrogen-bond donors (Lipinski definition) is 2. The third-order valence-electron chi connectivity index (χ3n) is 2.50. The second kappa shape index (κ2) is 4.20. The molecule has 0 aromatic heterocycles. The first kappa shape index (κ1) is 11.0. The molecule has 0 fully saturated rings. The Morgan fingerprint density at radius 1 is 1.75 bits per heavy atom. The molecular formula is C10H12N4OS. The Labute approximate surface area is 99.4 Å². The molecule has 0 aromatic carbocycles. The lowest BCUT2D eigenvalue weighted by atomic mass is 10.1. The number of nitrogens with zero attached hydrogens (tertiary/aromatic N) is 3. The Balaban J connectivity index is 2.44. The van der Waals surface area contributed by atoms with Crippen molar-refractivity contribution in [2.45, 2.75) is 19.6 Å². The van der Waals surface area contributed by atoms with Crippen molar-refractivity contribution >= 4 is 18.5 Å². The van der Waals surface area contributed by atoms with Crippen LogP contribution in [0.1, 0.15) is 13.3 Å². The summed E-state index contributed by atoms with van der Waals surface area (Å²) in [4.78, 5) is 4.22. The standard InChI is InChI=1S/C10H12N4OS/c1-6-7(5-11)9(8-3-2-4-15-8)13-10(12)14(6)16/h3,10,16H,2,4,12H2,1H3. The minimum Gasteiger partial charge on any atom is -0.491 e. The van der Waals surface area contributed by atoms with Crippen molar-refractivity contribution in [3.05, 3.63) is 23.1 Å². The molecule has 16 heavy (non-hydrogen) atoms. The van der Waals surface area contributed by atoms with Gasteiger partial charge in [-0.3, -0.25) is 10.0 Å². The van der Waals surface area contributed by atoms with E-state index in [2.05, 4.69) is 23.9 Å². The van der Waals surface area contributed by atoms with E-state index in [0.717, 1.165) is 6.42 Å². The van der Waals surface area contributed by atoms with Crippen LogP contribution < -0.4 is 5.73 Å². The van der Waals surface area contributed by atoms with Crippen LogP contribution in [0, 0.1) is 11.3 Å². The van der Waals surface area contributed by atoms with Gasteiger partial charge in [-0.15, -0.1) is 0 Å². The minimum absolute atomic E-state index is 0.463. The van der Waals surface area contributed by atoms with Crippen LogP contribution in [0.3, 0.4) is 0 Å². The Bertz CT molecular complexity index is 446. The third kappa shape index (κ3) is 1.68. The number of ether oxygens (including phenoxy) is 1. The highest BCUT2D eigenvalue weighted by Gasteiger charge is 2.28. The number of nitriles is 1. The summed E-state index contributed by atoms with van der Waals surface area (Å²) in [6, 6.07) is 2.11. The summed E-state index contributed by atoms with van der Waals surface area (Å²) in [6.07, 6.45) is 2.18. The van der Waals surface area contributed by atoms with Crippen LogP contribution in [0.4, 0.5) is 0 Å². The van der Waals surface area contributed by atoms with Crippen molar-refractivity contribution in [2.75, 3.05) is 6.61 Å². The summed E-state index contributed by atoms with van der Waals surface area (Å²) in [6.45, 7) is 2.42. The second-order valence-electron chi connectivity index (χ2n) is 3.51. The Hall–Kier alpha value is -1.45. The lowest BCUT2D eigenvalue weighted by Crippen LogP contribution is -2.38. The molecule has 2 rings (SSSR count). The molecule has 5 nitrogen and oxygen atoms in total. The summed E-state index contributed by atoms with van der Waals surface area (Å²) in [5.74, 6) is 0.646. The molecule has 0 radical (unpaired) electrons. The first-order valence-electron chi connectivity index (χ1n) is 4.91. The average molecular weight is 236 g/mol. The normalized spacial score (nSPS) is 24.9. The SMILES string of the molecule is CC1=C(C#N)C(C2=CCCO2)=NC(N)N1S. The van der Waals surface area contributed by atoms with E-state index in [0.29, 0.717) is 29.3 Å². The molecule has 0 saturated carbocycles. The fourth-order valence-corrected chi connectivity index (χ4v) is 1.79. The zero-order valence-electron chi connectivity index (χ0n) is 8.84. The summed E-state index contributed by atoms with van der Waals surface area (Å²) in [5.41, 5.74) is 7.47. The monoisotopic (exact) mass is 236 g/mol. The van der Waals surface area contributed by atoms with Gasteiger partial charge in [-0.2, -0.15) is 5.26 Å². The minimum atomic E-state index is -0.583. The highest BCUT2D eigenvalue weighted by atomic mass is 32.1. The quantitative estimate of drug-likeness (QED) is 0.664. The summed E-state index contributed by atoms with van der Waals surface area (Å²) >= 11 is 4.18. The molecule has 1 unspecified atom stereocenters. The molecule has 6 heteroatoms. The number of allylic oxidation sites excluding steroid dienone is 2. The largest absolute Gasteiger partial charge is 0.491 e. The van der Waals surface area contributed by atoms with Crippen molar-refractivity contribution < 1.29 is 4.74 Å². The van der Waals surface area contributed by atoms with Crippen molar-refractivity contribution in [3.8, 4) is 6.07 Å². The van der Waals surface area contributed by atoms with E-state index in [1.54, 1.807) is 6.92 Å². The topological polar surface area (TPSA) is 74.6 Å². The number of rotatable bonds is 1. The van der Waals surface area contributed by atoms with Gasteiger partial charge >= 0.3 is 0 Å². The highest BCUT2D eigenvalue weighted by molar-refractivity contribution is 7.77. The molecule has 2 aliphatic rings. The predicted octanol–water partition coefficient (Wildman–Crippen LogP) is 0.932. The lowest BCUT2D eigenvalue weighted by molar-refractivity contribution is 0.262. The van der Waals surface area contributed by atoms with Crippen LogP contribution in [0.15, 0.2) is 28.1 Å². The molecular weight excluding hydrogens is 224 g/mol. The van der Waals surface area contributed by atoms with Crippen molar-refractivity contribution in [2.24, 2.45) is 10.7 Å². The van der Waals surface area contributed by atoms with E-state index in [1.165, 1.54) is 4.31 Å². The first-order valence-corrected chi connectivity index (χ1v) is 5.31. The summed E-state index contributed by atoms with van der Waals surface area (Å²) in [5, 5.41) is 9.12. The lowest BCUT2D eigenvalue weighted by Gasteiger charge is -2.28. The zero-order valence-corrected chi connectivity index (χ0v) is 9.74. The Kier molecular flexibility index (Phi) is 2.90. The van der Waals surface area contributed by atoms with Gasteiger partial charge in [-0.25, -0.2) is 4.99 Å². The van der Waals surface area contributed by atoms with E-state index < -0.39 is 6.29 Å². The molecule has 0 spiro atoms. The van der Waals surface area contributed by atoms with E-state index in [9.17, 15) is 0 Å². The number of thiol groups is 1. The maximum absolute atomic E-state index is 9.12. The number of aliphatic imine (C=N–C) groups is 1.